The molecule has 22 heavy (non-hydrogen) atoms. The van der Waals surface area contributed by atoms with Crippen LogP contribution < -0.4 is 9.47 Å². The number of allylic oxidation sites excluding steroid dienone is 1. The lowest BCUT2D eigenvalue weighted by Gasteiger charge is -2.04. The third-order valence-electron chi connectivity index (χ3n) is 3.04. The summed E-state index contributed by atoms with van der Waals surface area (Å²) in [6, 6.07) is 10.2. The Morgan fingerprint density at radius 3 is 2.09 bits per heavy atom. The van der Waals surface area contributed by atoms with Gasteiger partial charge in [-0.05, 0) is 42.0 Å². The molecule has 0 saturated carbocycles. The summed E-state index contributed by atoms with van der Waals surface area (Å²) in [4.78, 5) is 12.1. The average Bonchev–Trinajstić information content (AvgIpc) is 2.52. The normalized spacial score (nSPS) is 10.7. The van der Waals surface area contributed by atoms with Crippen LogP contribution in [0.2, 0.25) is 10.0 Å². The number of carbonyl (C=O) groups excluding carboxylic acids is 1. The Hall–Kier alpha value is -1.97. The first-order valence-corrected chi connectivity index (χ1v) is 7.20. The molecule has 2 aromatic carbocycles. The van der Waals surface area contributed by atoms with Gasteiger partial charge < -0.3 is 9.47 Å². The predicted molar refractivity (Wildman–Crippen MR) is 89.4 cm³/mol. The van der Waals surface area contributed by atoms with Crippen molar-refractivity contribution in [2.45, 2.75) is 0 Å². The van der Waals surface area contributed by atoms with E-state index in [1.54, 1.807) is 43.5 Å². The summed E-state index contributed by atoms with van der Waals surface area (Å²) in [6.07, 6.45) is 3.15. The lowest BCUT2D eigenvalue weighted by Crippen LogP contribution is -1.95. The van der Waals surface area contributed by atoms with Crippen LogP contribution in [0.5, 0.6) is 11.5 Å². The van der Waals surface area contributed by atoms with Gasteiger partial charge in [-0.1, -0.05) is 35.3 Å². The van der Waals surface area contributed by atoms with Crippen molar-refractivity contribution in [2.75, 3.05) is 14.2 Å². The number of carbonyl (C=O) groups is 1. The number of halogens is 2. The molecule has 0 radical (unpaired) electrons. The number of hydrogen-bond acceptors (Lipinski definition) is 3. The second-order valence-corrected chi connectivity index (χ2v) is 5.26. The predicted octanol–water partition coefficient (Wildman–Crippen LogP) is 4.91. The fourth-order valence-electron chi connectivity index (χ4n) is 1.87. The molecule has 0 aliphatic rings. The fourth-order valence-corrected chi connectivity index (χ4v) is 2.40. The quantitative estimate of drug-likeness (QED) is 0.575. The van der Waals surface area contributed by atoms with Crippen LogP contribution >= 0.6 is 23.2 Å². The van der Waals surface area contributed by atoms with Gasteiger partial charge in [0.25, 0.3) is 0 Å². The van der Waals surface area contributed by atoms with Crippen LogP contribution in [-0.2, 0) is 0 Å². The number of hydrogen-bond donors (Lipinski definition) is 0. The molecule has 0 atom stereocenters. The molecule has 5 heteroatoms. The summed E-state index contributed by atoms with van der Waals surface area (Å²) < 4.78 is 10.1. The van der Waals surface area contributed by atoms with E-state index in [9.17, 15) is 4.79 Å². The van der Waals surface area contributed by atoms with E-state index >= 15 is 0 Å². The van der Waals surface area contributed by atoms with Crippen molar-refractivity contribution in [2.24, 2.45) is 0 Å². The minimum atomic E-state index is -0.156. The highest BCUT2D eigenvalue weighted by Gasteiger charge is 2.07. The summed E-state index contributed by atoms with van der Waals surface area (Å²) in [5.74, 6) is 0.965. The zero-order chi connectivity index (χ0) is 16.1. The van der Waals surface area contributed by atoms with Gasteiger partial charge in [-0.3, -0.25) is 4.79 Å². The molecule has 114 valence electrons. The van der Waals surface area contributed by atoms with Crippen LogP contribution in [0.1, 0.15) is 15.9 Å². The van der Waals surface area contributed by atoms with Crippen LogP contribution in [0.25, 0.3) is 6.08 Å². The van der Waals surface area contributed by atoms with E-state index in [1.165, 1.54) is 13.2 Å². The number of methoxy groups -OCH3 is 2. The molecule has 0 spiro atoms. The van der Waals surface area contributed by atoms with Crippen LogP contribution in [0.3, 0.4) is 0 Å². The molecule has 0 fully saturated rings. The second kappa shape index (κ2) is 7.34. The first-order valence-electron chi connectivity index (χ1n) is 6.44. The molecular formula is C17H14Cl2O3. The molecule has 0 heterocycles. The van der Waals surface area contributed by atoms with Gasteiger partial charge in [0, 0.05) is 5.56 Å². The van der Waals surface area contributed by atoms with E-state index in [-0.39, 0.29) is 5.78 Å². The standard InChI is InChI=1S/C17H14Cl2O3/c1-21-16-7-4-11(9-13(16)18)3-6-15(20)12-5-8-17(22-2)14(19)10-12/h3-10H,1-2H3/b6-3+. The Morgan fingerprint density at radius 2 is 1.55 bits per heavy atom. The van der Waals surface area contributed by atoms with Gasteiger partial charge in [-0.25, -0.2) is 0 Å². The summed E-state index contributed by atoms with van der Waals surface area (Å²) in [7, 11) is 3.07. The second-order valence-electron chi connectivity index (χ2n) is 4.44. The van der Waals surface area contributed by atoms with Gasteiger partial charge in [0.05, 0.1) is 24.3 Å². The molecule has 2 aromatic rings. The van der Waals surface area contributed by atoms with E-state index in [4.69, 9.17) is 32.7 Å². The molecule has 0 bridgehead atoms. The lowest BCUT2D eigenvalue weighted by atomic mass is 10.1. The Morgan fingerprint density at radius 1 is 0.955 bits per heavy atom. The van der Waals surface area contributed by atoms with Gasteiger partial charge in [-0.2, -0.15) is 0 Å². The zero-order valence-electron chi connectivity index (χ0n) is 12.1. The highest BCUT2D eigenvalue weighted by Crippen LogP contribution is 2.26. The first-order chi connectivity index (χ1) is 10.5. The average molecular weight is 337 g/mol. The van der Waals surface area contributed by atoms with Crippen LogP contribution in [0.15, 0.2) is 42.5 Å². The molecular weight excluding hydrogens is 323 g/mol. The maximum absolute atomic E-state index is 12.1. The van der Waals surface area contributed by atoms with Crippen molar-refractivity contribution in [3.05, 3.63) is 63.6 Å². The molecule has 2 rings (SSSR count). The summed E-state index contributed by atoms with van der Waals surface area (Å²) in [6.45, 7) is 0. The fraction of sp³-hybridized carbons (Fsp3) is 0.118. The van der Waals surface area contributed by atoms with E-state index < -0.39 is 0 Å². The van der Waals surface area contributed by atoms with E-state index in [1.807, 2.05) is 6.07 Å². The van der Waals surface area contributed by atoms with Gasteiger partial charge >= 0.3 is 0 Å². The molecule has 0 unspecified atom stereocenters. The van der Waals surface area contributed by atoms with Gasteiger partial charge in [0.15, 0.2) is 5.78 Å². The maximum Gasteiger partial charge on any atom is 0.185 e. The Kier molecular flexibility index (Phi) is 5.47. The topological polar surface area (TPSA) is 35.5 Å². The highest BCUT2D eigenvalue weighted by molar-refractivity contribution is 6.32. The minimum absolute atomic E-state index is 0.156. The largest absolute Gasteiger partial charge is 0.495 e. The van der Waals surface area contributed by atoms with Crippen molar-refractivity contribution in [3.8, 4) is 11.5 Å². The van der Waals surface area contributed by atoms with E-state index in [2.05, 4.69) is 0 Å². The Labute approximate surface area is 139 Å². The molecule has 0 saturated heterocycles. The molecule has 0 amide bonds. The number of ketones is 1. The monoisotopic (exact) mass is 336 g/mol. The van der Waals surface area contributed by atoms with E-state index in [0.29, 0.717) is 27.1 Å². The highest BCUT2D eigenvalue weighted by atomic mass is 35.5. The van der Waals surface area contributed by atoms with Crippen LogP contribution in [0.4, 0.5) is 0 Å². The van der Waals surface area contributed by atoms with E-state index in [0.717, 1.165) is 5.56 Å². The van der Waals surface area contributed by atoms with Crippen molar-refractivity contribution in [1.82, 2.24) is 0 Å². The van der Waals surface area contributed by atoms with Crippen LogP contribution in [-0.4, -0.2) is 20.0 Å². The first kappa shape index (κ1) is 16.4. The van der Waals surface area contributed by atoms with Crippen molar-refractivity contribution in [1.29, 1.82) is 0 Å². The summed E-state index contributed by atoms with van der Waals surface area (Å²) >= 11 is 12.1. The van der Waals surface area contributed by atoms with Crippen molar-refractivity contribution < 1.29 is 14.3 Å². The zero-order valence-corrected chi connectivity index (χ0v) is 13.6. The molecule has 0 aromatic heterocycles. The minimum Gasteiger partial charge on any atom is -0.495 e. The molecule has 0 aliphatic carbocycles. The number of ether oxygens (including phenoxy) is 2. The molecule has 3 nitrogen and oxygen atoms in total. The Balaban J connectivity index is 2.17. The van der Waals surface area contributed by atoms with Gasteiger partial charge in [0.1, 0.15) is 11.5 Å². The van der Waals surface area contributed by atoms with Crippen LogP contribution in [0, 0.1) is 0 Å². The lowest BCUT2D eigenvalue weighted by molar-refractivity contribution is 0.104. The SMILES string of the molecule is COc1ccc(/C=C/C(=O)c2ccc(OC)c(Cl)c2)cc1Cl. The third kappa shape index (κ3) is 3.81. The number of benzene rings is 2. The Bertz CT molecular complexity index is 724. The molecule has 0 N–H and O–H groups in total. The summed E-state index contributed by atoms with van der Waals surface area (Å²) in [5, 5.41) is 0.888. The summed E-state index contributed by atoms with van der Waals surface area (Å²) in [5.41, 5.74) is 1.29. The van der Waals surface area contributed by atoms with Crippen molar-refractivity contribution in [3.63, 3.8) is 0 Å². The number of rotatable bonds is 5. The molecule has 0 aliphatic heterocycles. The third-order valence-corrected chi connectivity index (χ3v) is 3.63. The smallest absolute Gasteiger partial charge is 0.185 e. The van der Waals surface area contributed by atoms with Gasteiger partial charge in [0.2, 0.25) is 0 Å². The van der Waals surface area contributed by atoms with Gasteiger partial charge in [-0.15, -0.1) is 0 Å². The van der Waals surface area contributed by atoms with Crippen molar-refractivity contribution >= 4 is 35.1 Å². The maximum atomic E-state index is 12.1.